The van der Waals surface area contributed by atoms with E-state index in [0.29, 0.717) is 35.7 Å². The van der Waals surface area contributed by atoms with Crippen LogP contribution < -0.4 is 16.0 Å². The van der Waals surface area contributed by atoms with Crippen molar-refractivity contribution in [3.05, 3.63) is 90.0 Å². The number of nitrogens with one attached hydrogen (secondary N) is 3. The fraction of sp³-hybridized carbons (Fsp3) is 0.290. The fourth-order valence-corrected chi connectivity index (χ4v) is 4.53. The molecule has 0 spiro atoms. The lowest BCUT2D eigenvalue weighted by molar-refractivity contribution is -0.120. The van der Waals surface area contributed by atoms with Crippen molar-refractivity contribution in [1.82, 2.24) is 9.88 Å². The first-order chi connectivity index (χ1) is 19.5. The van der Waals surface area contributed by atoms with E-state index in [1.807, 2.05) is 19.2 Å². The highest BCUT2D eigenvalue weighted by atomic mass is 19.1. The van der Waals surface area contributed by atoms with Gasteiger partial charge in [0, 0.05) is 42.7 Å². The number of pyridine rings is 1. The van der Waals surface area contributed by atoms with Crippen LogP contribution in [0.5, 0.6) is 0 Å². The van der Waals surface area contributed by atoms with Crippen molar-refractivity contribution in [2.45, 2.75) is 32.3 Å². The van der Waals surface area contributed by atoms with E-state index in [1.54, 1.807) is 57.3 Å². The van der Waals surface area contributed by atoms with Crippen LogP contribution in [-0.2, 0) is 14.3 Å². The molecular formula is C31H34FN5O4. The number of nitrogens with zero attached hydrogens (tertiary/aromatic N) is 2. The number of para-hydroxylation sites is 2. The number of anilines is 3. The van der Waals surface area contributed by atoms with E-state index in [2.05, 4.69) is 25.8 Å². The van der Waals surface area contributed by atoms with Gasteiger partial charge < -0.3 is 20.3 Å². The summed E-state index contributed by atoms with van der Waals surface area (Å²) in [5.41, 5.74) is 2.21. The minimum Gasteiger partial charge on any atom is -0.444 e. The van der Waals surface area contributed by atoms with Gasteiger partial charge in [-0.2, -0.15) is 0 Å². The van der Waals surface area contributed by atoms with E-state index >= 15 is 0 Å². The number of rotatable bonds is 7. The van der Waals surface area contributed by atoms with Crippen LogP contribution in [0.1, 0.15) is 37.9 Å². The maximum atomic E-state index is 13.2. The third-order valence-corrected chi connectivity index (χ3v) is 6.39. The van der Waals surface area contributed by atoms with Gasteiger partial charge in [0.1, 0.15) is 11.4 Å². The summed E-state index contributed by atoms with van der Waals surface area (Å²) in [6.45, 7) is 6.55. The Morgan fingerprint density at radius 3 is 2.27 bits per heavy atom. The molecule has 3 amide bonds. The number of halogens is 1. The van der Waals surface area contributed by atoms with Gasteiger partial charge in [-0.25, -0.2) is 9.18 Å². The Morgan fingerprint density at radius 1 is 0.951 bits per heavy atom. The number of likely N-dealkylation sites (N-methyl/N-ethyl adjacent to an activating group) is 1. The Balaban J connectivity index is 1.37. The Hall–Kier alpha value is -4.57. The van der Waals surface area contributed by atoms with Crippen LogP contribution in [0.25, 0.3) is 6.08 Å². The van der Waals surface area contributed by atoms with Crippen LogP contribution in [0.2, 0.25) is 0 Å². The largest absolute Gasteiger partial charge is 0.444 e. The molecule has 1 saturated heterocycles. The molecule has 1 aliphatic rings. The average Bonchev–Trinajstić information content (AvgIpc) is 3.31. The second-order valence-electron chi connectivity index (χ2n) is 10.9. The lowest BCUT2D eigenvalue weighted by Gasteiger charge is -2.20. The number of benzene rings is 2. The third kappa shape index (κ3) is 8.46. The minimum atomic E-state index is -0.653. The highest BCUT2D eigenvalue weighted by Crippen LogP contribution is 2.32. The number of amides is 3. The molecular weight excluding hydrogens is 525 g/mol. The number of likely N-dealkylation sites (tertiary alicyclic amines) is 1. The Bertz CT molecular complexity index is 1420. The van der Waals surface area contributed by atoms with Crippen molar-refractivity contribution in [1.29, 1.82) is 0 Å². The van der Waals surface area contributed by atoms with E-state index < -0.39 is 11.7 Å². The van der Waals surface area contributed by atoms with Gasteiger partial charge >= 0.3 is 6.09 Å². The predicted molar refractivity (Wildman–Crippen MR) is 157 cm³/mol. The van der Waals surface area contributed by atoms with E-state index in [9.17, 15) is 18.8 Å². The lowest BCUT2D eigenvalue weighted by atomic mass is 9.91. The number of carbonyl (C=O) groups is 3. The van der Waals surface area contributed by atoms with Crippen LogP contribution in [0.3, 0.4) is 0 Å². The van der Waals surface area contributed by atoms with Crippen molar-refractivity contribution < 1.29 is 23.5 Å². The van der Waals surface area contributed by atoms with E-state index in [4.69, 9.17) is 4.74 Å². The molecule has 0 aliphatic carbocycles. The van der Waals surface area contributed by atoms with E-state index in [1.165, 1.54) is 30.3 Å². The first kappa shape index (κ1) is 29.4. The maximum Gasteiger partial charge on any atom is 0.412 e. The van der Waals surface area contributed by atoms with E-state index in [0.717, 1.165) is 5.69 Å². The van der Waals surface area contributed by atoms with Crippen LogP contribution >= 0.6 is 0 Å². The van der Waals surface area contributed by atoms with E-state index in [-0.39, 0.29) is 29.5 Å². The molecule has 10 heteroatoms. The fourth-order valence-electron chi connectivity index (χ4n) is 4.53. The second-order valence-corrected chi connectivity index (χ2v) is 10.9. The van der Waals surface area contributed by atoms with Gasteiger partial charge in [-0.05, 0) is 81.9 Å². The summed E-state index contributed by atoms with van der Waals surface area (Å²) < 4.78 is 18.5. The molecule has 0 saturated carbocycles. The number of aromatic nitrogens is 1. The van der Waals surface area contributed by atoms with Gasteiger partial charge in [0.25, 0.3) is 0 Å². The normalized spacial score (nSPS) is 17.3. The van der Waals surface area contributed by atoms with Gasteiger partial charge in [0.05, 0.1) is 17.3 Å². The van der Waals surface area contributed by atoms with Crippen LogP contribution in [0, 0.1) is 11.7 Å². The second kappa shape index (κ2) is 12.7. The first-order valence-corrected chi connectivity index (χ1v) is 13.3. The molecule has 214 valence electrons. The van der Waals surface area contributed by atoms with Crippen LogP contribution in [0.15, 0.2) is 72.9 Å². The number of hydrogen-bond donors (Lipinski definition) is 3. The zero-order valence-electron chi connectivity index (χ0n) is 23.5. The number of carbonyl (C=O) groups excluding carboxylic acids is 3. The summed E-state index contributed by atoms with van der Waals surface area (Å²) in [5, 5.41) is 8.29. The number of hydrogen-bond acceptors (Lipinski definition) is 6. The molecule has 1 aromatic heterocycles. The van der Waals surface area contributed by atoms with Crippen LogP contribution in [0.4, 0.5) is 26.2 Å². The molecule has 3 aromatic rings. The van der Waals surface area contributed by atoms with Gasteiger partial charge in [-0.3, -0.25) is 19.9 Å². The molecule has 2 aromatic carbocycles. The molecule has 3 N–H and O–H groups in total. The first-order valence-electron chi connectivity index (χ1n) is 13.3. The van der Waals surface area contributed by atoms with Crippen molar-refractivity contribution in [2.24, 2.45) is 5.92 Å². The lowest BCUT2D eigenvalue weighted by Crippen LogP contribution is -2.28. The van der Waals surface area contributed by atoms with Crippen molar-refractivity contribution >= 4 is 41.0 Å². The number of ether oxygens (including phenoxy) is 1. The molecule has 0 bridgehead atoms. The average molecular weight is 560 g/mol. The quantitative estimate of drug-likeness (QED) is 0.330. The topological polar surface area (TPSA) is 113 Å². The summed E-state index contributed by atoms with van der Waals surface area (Å²) in [6, 6.07) is 16.2. The summed E-state index contributed by atoms with van der Waals surface area (Å²) in [4.78, 5) is 44.5. The molecule has 4 rings (SSSR count). The van der Waals surface area contributed by atoms with Crippen molar-refractivity contribution in [2.75, 3.05) is 36.1 Å². The van der Waals surface area contributed by atoms with Gasteiger partial charge in [0.15, 0.2) is 0 Å². The maximum absolute atomic E-state index is 13.2. The van der Waals surface area contributed by atoms with Gasteiger partial charge in [0.2, 0.25) is 11.8 Å². The standard InChI is InChI=1S/C31H34FN5O4/c1-31(2,3)41-30(40)36-27-8-6-5-7-26(27)35-28(38)16-10-20-9-15-25(33-17-20)23-18-37(4)19-24(23)29(39)34-22-13-11-21(32)12-14-22/h5-17,23-24H,18-19H2,1-4H3,(H,34,39)(H,35,38)(H,36,40)/b16-10+. The summed E-state index contributed by atoms with van der Waals surface area (Å²) in [7, 11) is 1.95. The minimum absolute atomic E-state index is 0.115. The molecule has 41 heavy (non-hydrogen) atoms. The van der Waals surface area contributed by atoms with Crippen molar-refractivity contribution in [3.8, 4) is 0 Å². The third-order valence-electron chi connectivity index (χ3n) is 6.39. The van der Waals surface area contributed by atoms with Gasteiger partial charge in [-0.15, -0.1) is 0 Å². The zero-order valence-corrected chi connectivity index (χ0v) is 23.5. The monoisotopic (exact) mass is 559 g/mol. The molecule has 2 heterocycles. The highest BCUT2D eigenvalue weighted by Gasteiger charge is 2.37. The molecule has 2 atom stereocenters. The Morgan fingerprint density at radius 2 is 1.63 bits per heavy atom. The summed E-state index contributed by atoms with van der Waals surface area (Å²) in [5.74, 6) is -1.33. The highest BCUT2D eigenvalue weighted by molar-refractivity contribution is 6.05. The van der Waals surface area contributed by atoms with Gasteiger partial charge in [-0.1, -0.05) is 18.2 Å². The molecule has 1 fully saturated rings. The molecule has 2 unspecified atom stereocenters. The Labute approximate surface area is 238 Å². The smallest absolute Gasteiger partial charge is 0.412 e. The summed E-state index contributed by atoms with van der Waals surface area (Å²) in [6.07, 6.45) is 4.05. The molecule has 9 nitrogen and oxygen atoms in total. The molecule has 0 radical (unpaired) electrons. The summed E-state index contributed by atoms with van der Waals surface area (Å²) >= 11 is 0. The SMILES string of the molecule is CN1CC(C(=O)Nc2ccc(F)cc2)C(c2ccc(/C=C/C(=O)Nc3ccccc3NC(=O)OC(C)(C)C)cn2)C1. The van der Waals surface area contributed by atoms with Crippen molar-refractivity contribution in [3.63, 3.8) is 0 Å². The molecule has 1 aliphatic heterocycles. The Kier molecular flexibility index (Phi) is 9.14. The van der Waals surface area contributed by atoms with Crippen LogP contribution in [-0.4, -0.2) is 53.5 Å². The zero-order chi connectivity index (χ0) is 29.6. The predicted octanol–water partition coefficient (Wildman–Crippen LogP) is 5.50.